The van der Waals surface area contributed by atoms with Crippen molar-refractivity contribution in [3.8, 4) is 5.75 Å². The van der Waals surface area contributed by atoms with Gasteiger partial charge in [0.1, 0.15) is 5.75 Å². The SMILES string of the molecule is CCOc1c(Br)cc(C=C(CNC2CC2)C(C)C)cc1Br. The van der Waals surface area contributed by atoms with Gasteiger partial charge in [-0.15, -0.1) is 0 Å². The van der Waals surface area contributed by atoms with Gasteiger partial charge in [-0.25, -0.2) is 0 Å². The van der Waals surface area contributed by atoms with E-state index in [0.717, 1.165) is 27.3 Å². The Morgan fingerprint density at radius 1 is 1.33 bits per heavy atom. The van der Waals surface area contributed by atoms with Crippen LogP contribution in [0.4, 0.5) is 0 Å². The molecule has 0 aromatic heterocycles. The maximum Gasteiger partial charge on any atom is 0.147 e. The van der Waals surface area contributed by atoms with Crippen LogP contribution in [0.15, 0.2) is 26.7 Å². The lowest BCUT2D eigenvalue weighted by Crippen LogP contribution is -2.21. The molecule has 0 atom stereocenters. The highest BCUT2D eigenvalue weighted by Gasteiger charge is 2.20. The molecule has 0 radical (unpaired) electrons. The maximum absolute atomic E-state index is 5.64. The molecule has 1 fully saturated rings. The first-order chi connectivity index (χ1) is 10.0. The molecule has 0 saturated heterocycles. The van der Waals surface area contributed by atoms with E-state index in [9.17, 15) is 0 Å². The number of nitrogens with one attached hydrogen (secondary N) is 1. The Hall–Kier alpha value is -0.320. The molecule has 1 aromatic rings. The highest BCUT2D eigenvalue weighted by molar-refractivity contribution is 9.11. The van der Waals surface area contributed by atoms with E-state index in [1.807, 2.05) is 6.92 Å². The van der Waals surface area contributed by atoms with E-state index in [4.69, 9.17) is 4.74 Å². The second-order valence-electron chi connectivity index (χ2n) is 5.78. The van der Waals surface area contributed by atoms with Crippen LogP contribution < -0.4 is 10.1 Å². The van der Waals surface area contributed by atoms with Gasteiger partial charge in [0.15, 0.2) is 0 Å². The van der Waals surface area contributed by atoms with Gasteiger partial charge >= 0.3 is 0 Å². The quantitative estimate of drug-likeness (QED) is 0.642. The summed E-state index contributed by atoms with van der Waals surface area (Å²) in [5, 5.41) is 3.60. The molecule has 116 valence electrons. The molecule has 1 aromatic carbocycles. The van der Waals surface area contributed by atoms with Crippen molar-refractivity contribution < 1.29 is 4.74 Å². The predicted octanol–water partition coefficient (Wildman–Crippen LogP) is 5.40. The monoisotopic (exact) mass is 415 g/mol. The molecule has 0 amide bonds. The molecule has 1 N–H and O–H groups in total. The normalized spacial score (nSPS) is 15.6. The van der Waals surface area contributed by atoms with Gasteiger partial charge in [0.25, 0.3) is 0 Å². The molecule has 21 heavy (non-hydrogen) atoms. The Labute approximate surface area is 144 Å². The van der Waals surface area contributed by atoms with E-state index in [-0.39, 0.29) is 0 Å². The first kappa shape index (κ1) is 17.0. The summed E-state index contributed by atoms with van der Waals surface area (Å²) in [6.45, 7) is 8.13. The summed E-state index contributed by atoms with van der Waals surface area (Å²) in [4.78, 5) is 0. The summed E-state index contributed by atoms with van der Waals surface area (Å²) in [5.41, 5.74) is 2.63. The van der Waals surface area contributed by atoms with Gasteiger partial charge in [0, 0.05) is 12.6 Å². The first-order valence-electron chi connectivity index (χ1n) is 7.57. The van der Waals surface area contributed by atoms with E-state index in [1.54, 1.807) is 0 Å². The lowest BCUT2D eigenvalue weighted by molar-refractivity contribution is 0.336. The van der Waals surface area contributed by atoms with Crippen molar-refractivity contribution in [1.29, 1.82) is 0 Å². The zero-order valence-corrected chi connectivity index (χ0v) is 16.1. The van der Waals surface area contributed by atoms with Crippen molar-refractivity contribution in [3.63, 3.8) is 0 Å². The van der Waals surface area contributed by atoms with Gasteiger partial charge in [-0.05, 0) is 75.2 Å². The molecular formula is C17H23Br2NO. The third-order valence-electron chi connectivity index (χ3n) is 3.58. The predicted molar refractivity (Wildman–Crippen MR) is 96.9 cm³/mol. The molecular weight excluding hydrogens is 394 g/mol. The molecule has 1 aliphatic carbocycles. The topological polar surface area (TPSA) is 21.3 Å². The zero-order valence-electron chi connectivity index (χ0n) is 12.9. The highest BCUT2D eigenvalue weighted by atomic mass is 79.9. The summed E-state index contributed by atoms with van der Waals surface area (Å²) in [6, 6.07) is 4.98. The van der Waals surface area contributed by atoms with Gasteiger partial charge in [-0.1, -0.05) is 25.5 Å². The second-order valence-corrected chi connectivity index (χ2v) is 7.48. The maximum atomic E-state index is 5.64. The van der Waals surface area contributed by atoms with Gasteiger partial charge in [0.05, 0.1) is 15.6 Å². The molecule has 0 spiro atoms. The minimum absolute atomic E-state index is 0.542. The van der Waals surface area contributed by atoms with Gasteiger partial charge < -0.3 is 10.1 Å². The molecule has 2 rings (SSSR count). The molecule has 4 heteroatoms. The molecule has 1 aliphatic rings. The van der Waals surface area contributed by atoms with Gasteiger partial charge in [-0.2, -0.15) is 0 Å². The van der Waals surface area contributed by atoms with E-state index >= 15 is 0 Å². The molecule has 0 aliphatic heterocycles. The van der Waals surface area contributed by atoms with Crippen molar-refractivity contribution in [2.45, 2.75) is 39.7 Å². The fourth-order valence-corrected chi connectivity index (χ4v) is 3.58. The van der Waals surface area contributed by atoms with Crippen LogP contribution in [-0.2, 0) is 0 Å². The van der Waals surface area contributed by atoms with E-state index < -0.39 is 0 Å². The number of benzene rings is 1. The Kier molecular flexibility index (Phi) is 6.33. The Balaban J connectivity index is 2.19. The largest absolute Gasteiger partial charge is 0.492 e. The zero-order chi connectivity index (χ0) is 15.4. The van der Waals surface area contributed by atoms with Crippen LogP contribution in [-0.4, -0.2) is 19.2 Å². The van der Waals surface area contributed by atoms with Gasteiger partial charge in [0.2, 0.25) is 0 Å². The highest BCUT2D eigenvalue weighted by Crippen LogP contribution is 2.35. The van der Waals surface area contributed by atoms with Crippen LogP contribution in [0.5, 0.6) is 5.75 Å². The standard InChI is InChI=1S/C17H23Br2NO/c1-4-21-17-15(18)8-12(9-16(17)19)7-13(11(2)3)10-20-14-5-6-14/h7-9,11,14,20H,4-6,10H2,1-3H3. The van der Waals surface area contributed by atoms with E-state index in [0.29, 0.717) is 12.5 Å². The van der Waals surface area contributed by atoms with Crippen LogP contribution in [0.25, 0.3) is 6.08 Å². The Morgan fingerprint density at radius 3 is 2.43 bits per heavy atom. The number of hydrogen-bond donors (Lipinski definition) is 1. The van der Waals surface area contributed by atoms with Crippen LogP contribution >= 0.6 is 31.9 Å². The third kappa shape index (κ3) is 5.11. The number of ether oxygens (including phenoxy) is 1. The molecule has 0 heterocycles. The van der Waals surface area contributed by atoms with Crippen LogP contribution in [0.1, 0.15) is 39.2 Å². The van der Waals surface area contributed by atoms with Crippen molar-refractivity contribution >= 4 is 37.9 Å². The van der Waals surface area contributed by atoms with E-state index in [1.165, 1.54) is 24.0 Å². The van der Waals surface area contributed by atoms with Crippen LogP contribution in [0.3, 0.4) is 0 Å². The molecule has 2 nitrogen and oxygen atoms in total. The number of rotatable bonds is 7. The van der Waals surface area contributed by atoms with Crippen molar-refractivity contribution in [2.75, 3.05) is 13.2 Å². The average Bonchev–Trinajstić information content (AvgIpc) is 3.22. The van der Waals surface area contributed by atoms with Gasteiger partial charge in [-0.3, -0.25) is 0 Å². The minimum atomic E-state index is 0.542. The summed E-state index contributed by atoms with van der Waals surface area (Å²) < 4.78 is 7.61. The number of halogens is 2. The Morgan fingerprint density at radius 2 is 1.95 bits per heavy atom. The molecule has 0 bridgehead atoms. The second kappa shape index (κ2) is 7.80. The minimum Gasteiger partial charge on any atom is -0.492 e. The van der Waals surface area contributed by atoms with Crippen molar-refractivity contribution in [3.05, 3.63) is 32.2 Å². The molecule has 0 unspecified atom stereocenters. The Bertz CT molecular complexity index is 499. The summed E-state index contributed by atoms with van der Waals surface area (Å²) in [7, 11) is 0. The van der Waals surface area contributed by atoms with Crippen LogP contribution in [0, 0.1) is 5.92 Å². The van der Waals surface area contributed by atoms with Crippen molar-refractivity contribution in [1.82, 2.24) is 5.32 Å². The number of hydrogen-bond acceptors (Lipinski definition) is 2. The van der Waals surface area contributed by atoms with E-state index in [2.05, 4.69) is 69.2 Å². The first-order valence-corrected chi connectivity index (χ1v) is 9.15. The fourth-order valence-electron chi connectivity index (χ4n) is 2.13. The summed E-state index contributed by atoms with van der Waals surface area (Å²) in [6.07, 6.45) is 4.93. The van der Waals surface area contributed by atoms with Crippen molar-refractivity contribution in [2.24, 2.45) is 5.92 Å². The molecule has 1 saturated carbocycles. The average molecular weight is 417 g/mol. The summed E-state index contributed by atoms with van der Waals surface area (Å²) in [5.74, 6) is 1.41. The lowest BCUT2D eigenvalue weighted by Gasteiger charge is -2.14. The lowest BCUT2D eigenvalue weighted by atomic mass is 10.00. The third-order valence-corrected chi connectivity index (χ3v) is 4.75. The summed E-state index contributed by atoms with van der Waals surface area (Å²) >= 11 is 7.20. The van der Waals surface area contributed by atoms with Crippen LogP contribution in [0.2, 0.25) is 0 Å². The fraction of sp³-hybridized carbons (Fsp3) is 0.529. The smallest absolute Gasteiger partial charge is 0.147 e.